The number of nitrogens with zero attached hydrogens (tertiary/aromatic N) is 1. The van der Waals surface area contributed by atoms with Crippen molar-refractivity contribution in [2.24, 2.45) is 0 Å². The van der Waals surface area contributed by atoms with E-state index >= 15 is 0 Å². The molecular weight excluding hydrogens is 296 g/mol. The van der Waals surface area contributed by atoms with Crippen molar-refractivity contribution in [2.45, 2.75) is 0 Å². The Kier molecular flexibility index (Phi) is 3.17. The van der Waals surface area contributed by atoms with Crippen LogP contribution in [0.2, 0.25) is 0 Å². The van der Waals surface area contributed by atoms with Crippen molar-refractivity contribution in [2.75, 3.05) is 0 Å². The monoisotopic (exact) mass is 303 g/mol. The Morgan fingerprint density at radius 1 is 0.864 bits per heavy atom. The van der Waals surface area contributed by atoms with E-state index in [-0.39, 0.29) is 16.2 Å². The second-order valence-corrected chi connectivity index (χ2v) is 4.43. The molecule has 5 nitrogen and oxygen atoms in total. The van der Waals surface area contributed by atoms with Gasteiger partial charge in [-0.1, -0.05) is 23.3 Å². The van der Waals surface area contributed by atoms with Gasteiger partial charge in [0.05, 0.1) is 11.1 Å². The van der Waals surface area contributed by atoms with E-state index in [2.05, 4.69) is 4.84 Å². The third-order valence-electron chi connectivity index (χ3n) is 3.10. The van der Waals surface area contributed by atoms with Gasteiger partial charge in [0, 0.05) is 0 Å². The Morgan fingerprint density at radius 2 is 1.36 bits per heavy atom. The van der Waals surface area contributed by atoms with E-state index in [1.807, 2.05) is 0 Å². The van der Waals surface area contributed by atoms with E-state index in [1.165, 1.54) is 24.3 Å². The van der Waals surface area contributed by atoms with Gasteiger partial charge in [0.1, 0.15) is 17.2 Å². The van der Waals surface area contributed by atoms with Gasteiger partial charge in [0.25, 0.3) is 11.8 Å². The smallest absolute Gasteiger partial charge is 0.324 e. The summed E-state index contributed by atoms with van der Waals surface area (Å²) < 4.78 is 27.0. The van der Waals surface area contributed by atoms with Crippen molar-refractivity contribution in [1.82, 2.24) is 5.06 Å². The van der Waals surface area contributed by atoms with Crippen LogP contribution in [0.25, 0.3) is 0 Å². The highest BCUT2D eigenvalue weighted by Gasteiger charge is 2.39. The lowest BCUT2D eigenvalue weighted by molar-refractivity contribution is -0.0590. The lowest BCUT2D eigenvalue weighted by Crippen LogP contribution is -2.33. The Morgan fingerprint density at radius 3 is 1.86 bits per heavy atom. The average Bonchev–Trinajstić information content (AvgIpc) is 2.73. The fourth-order valence-corrected chi connectivity index (χ4v) is 2.07. The Hall–Kier alpha value is -3.09. The second-order valence-electron chi connectivity index (χ2n) is 4.43. The molecule has 0 atom stereocenters. The molecule has 0 fully saturated rings. The number of hydrogen-bond acceptors (Lipinski definition) is 4. The second kappa shape index (κ2) is 5.03. The summed E-state index contributed by atoms with van der Waals surface area (Å²) in [7, 11) is 0. The molecule has 0 aliphatic carbocycles. The van der Waals surface area contributed by atoms with Crippen LogP contribution >= 0.6 is 0 Å². The molecular formula is C15H7F2NO4. The molecule has 1 aliphatic heterocycles. The van der Waals surface area contributed by atoms with Gasteiger partial charge in [-0.05, 0) is 24.3 Å². The number of carbonyl (C=O) groups excluding carboxylic acids is 3. The Balaban J connectivity index is 1.91. The number of hydrogen-bond donors (Lipinski definition) is 0. The molecule has 2 aromatic carbocycles. The van der Waals surface area contributed by atoms with Gasteiger partial charge >= 0.3 is 5.97 Å². The van der Waals surface area contributed by atoms with Gasteiger partial charge in [0.15, 0.2) is 0 Å². The number of imide groups is 1. The van der Waals surface area contributed by atoms with Crippen LogP contribution in [-0.4, -0.2) is 22.8 Å². The van der Waals surface area contributed by atoms with Gasteiger partial charge in [-0.2, -0.15) is 0 Å². The maximum absolute atomic E-state index is 13.5. The van der Waals surface area contributed by atoms with Crippen LogP contribution in [0.15, 0.2) is 42.5 Å². The molecule has 0 saturated heterocycles. The molecule has 1 heterocycles. The van der Waals surface area contributed by atoms with Crippen molar-refractivity contribution >= 4 is 17.8 Å². The Labute approximate surface area is 122 Å². The van der Waals surface area contributed by atoms with E-state index in [1.54, 1.807) is 0 Å². The number of carbonyl (C=O) groups is 3. The van der Waals surface area contributed by atoms with Crippen LogP contribution in [0.3, 0.4) is 0 Å². The predicted octanol–water partition coefficient (Wildman–Crippen LogP) is 2.33. The molecule has 110 valence electrons. The number of amides is 2. The van der Waals surface area contributed by atoms with Crippen LogP contribution in [-0.2, 0) is 4.84 Å². The van der Waals surface area contributed by atoms with Gasteiger partial charge in [-0.15, -0.1) is 0 Å². The first-order valence-electron chi connectivity index (χ1n) is 6.15. The largest absolute Gasteiger partial charge is 0.369 e. The highest BCUT2D eigenvalue weighted by Crippen LogP contribution is 2.24. The highest BCUT2D eigenvalue weighted by atomic mass is 19.1. The third-order valence-corrected chi connectivity index (χ3v) is 3.10. The zero-order chi connectivity index (χ0) is 15.9. The standard InChI is InChI=1S/C15H7F2NO4/c16-10-6-3-7-11(17)12(10)15(21)22-18-13(19)8-4-1-2-5-9(8)14(18)20/h1-7H. The zero-order valence-corrected chi connectivity index (χ0v) is 10.9. The van der Waals surface area contributed by atoms with E-state index in [4.69, 9.17) is 0 Å². The molecule has 7 heteroatoms. The summed E-state index contributed by atoms with van der Waals surface area (Å²) in [6, 6.07) is 8.63. The average molecular weight is 303 g/mol. The lowest BCUT2D eigenvalue weighted by Gasteiger charge is -2.13. The summed E-state index contributed by atoms with van der Waals surface area (Å²) in [6.45, 7) is 0. The minimum atomic E-state index is -1.47. The third kappa shape index (κ3) is 2.03. The Bertz CT molecular complexity index is 764. The first-order valence-corrected chi connectivity index (χ1v) is 6.15. The van der Waals surface area contributed by atoms with Crippen molar-refractivity contribution in [3.63, 3.8) is 0 Å². The lowest BCUT2D eigenvalue weighted by atomic mass is 10.1. The van der Waals surface area contributed by atoms with E-state index in [0.29, 0.717) is 0 Å². The quantitative estimate of drug-likeness (QED) is 0.799. The van der Waals surface area contributed by atoms with Crippen LogP contribution in [0.1, 0.15) is 31.1 Å². The summed E-state index contributed by atoms with van der Waals surface area (Å²) in [6.07, 6.45) is 0. The predicted molar refractivity (Wildman–Crippen MR) is 68.7 cm³/mol. The number of fused-ring (bicyclic) bond motifs is 1. The van der Waals surface area contributed by atoms with E-state index in [0.717, 1.165) is 18.2 Å². The minimum absolute atomic E-state index is 0.0503. The van der Waals surface area contributed by atoms with Crippen molar-refractivity contribution in [3.05, 3.63) is 70.8 Å². The van der Waals surface area contributed by atoms with Gasteiger partial charge in [-0.3, -0.25) is 9.59 Å². The molecule has 0 N–H and O–H groups in total. The fraction of sp³-hybridized carbons (Fsp3) is 0. The molecule has 2 amide bonds. The van der Waals surface area contributed by atoms with Crippen molar-refractivity contribution < 1.29 is 28.0 Å². The molecule has 2 aromatic rings. The summed E-state index contributed by atoms with van der Waals surface area (Å²) in [5, 5.41) is 0.193. The molecule has 22 heavy (non-hydrogen) atoms. The maximum atomic E-state index is 13.5. The number of benzene rings is 2. The molecule has 0 spiro atoms. The molecule has 0 aromatic heterocycles. The van der Waals surface area contributed by atoms with Gasteiger partial charge in [0.2, 0.25) is 0 Å². The topological polar surface area (TPSA) is 63.7 Å². The molecule has 0 radical (unpaired) electrons. The fourth-order valence-electron chi connectivity index (χ4n) is 2.07. The summed E-state index contributed by atoms with van der Waals surface area (Å²) in [5.41, 5.74) is -0.873. The minimum Gasteiger partial charge on any atom is -0.324 e. The molecule has 0 bridgehead atoms. The first-order chi connectivity index (χ1) is 10.5. The molecule has 0 saturated carbocycles. The normalized spacial score (nSPS) is 13.3. The SMILES string of the molecule is O=C(ON1C(=O)c2ccccc2C1=O)c1c(F)cccc1F. The van der Waals surface area contributed by atoms with E-state index in [9.17, 15) is 23.2 Å². The number of rotatable bonds is 2. The summed E-state index contributed by atoms with van der Waals surface area (Å²) in [5.74, 6) is -5.51. The number of hydroxylamine groups is 2. The van der Waals surface area contributed by atoms with Crippen LogP contribution in [0.5, 0.6) is 0 Å². The zero-order valence-electron chi connectivity index (χ0n) is 10.9. The van der Waals surface area contributed by atoms with Crippen molar-refractivity contribution in [3.8, 4) is 0 Å². The van der Waals surface area contributed by atoms with Crippen LogP contribution in [0.4, 0.5) is 8.78 Å². The van der Waals surface area contributed by atoms with Crippen LogP contribution in [0, 0.1) is 11.6 Å². The van der Waals surface area contributed by atoms with Gasteiger partial charge < -0.3 is 4.84 Å². The van der Waals surface area contributed by atoms with E-state index < -0.39 is 35.0 Å². The van der Waals surface area contributed by atoms with Crippen molar-refractivity contribution in [1.29, 1.82) is 0 Å². The van der Waals surface area contributed by atoms with Crippen LogP contribution < -0.4 is 0 Å². The summed E-state index contributed by atoms with van der Waals surface area (Å²) >= 11 is 0. The van der Waals surface area contributed by atoms with Gasteiger partial charge in [-0.25, -0.2) is 13.6 Å². The first kappa shape index (κ1) is 13.9. The molecule has 3 rings (SSSR count). The maximum Gasteiger partial charge on any atom is 0.369 e. The highest BCUT2D eigenvalue weighted by molar-refractivity contribution is 6.21. The summed E-state index contributed by atoms with van der Waals surface area (Å²) in [4.78, 5) is 40.4. The number of halogens is 2. The molecule has 0 unspecified atom stereocenters. The molecule has 1 aliphatic rings.